The van der Waals surface area contributed by atoms with E-state index in [9.17, 15) is 18.8 Å². The zero-order valence-corrected chi connectivity index (χ0v) is 24.5. The van der Waals surface area contributed by atoms with Gasteiger partial charge in [0.05, 0.1) is 37.5 Å². The molecule has 2 N–H and O–H groups in total. The summed E-state index contributed by atoms with van der Waals surface area (Å²) in [7, 11) is 1.50. The largest absolute Gasteiger partial charge is 0.497 e. The van der Waals surface area contributed by atoms with Crippen molar-refractivity contribution in [1.29, 1.82) is 0 Å². The van der Waals surface area contributed by atoms with Crippen molar-refractivity contribution in [2.75, 3.05) is 25.2 Å². The van der Waals surface area contributed by atoms with Gasteiger partial charge in [0.25, 0.3) is 0 Å². The molecule has 0 saturated carbocycles. The van der Waals surface area contributed by atoms with Crippen LogP contribution >= 0.6 is 0 Å². The van der Waals surface area contributed by atoms with Crippen molar-refractivity contribution in [3.63, 3.8) is 0 Å². The number of halogens is 2. The molecule has 0 aromatic heterocycles. The van der Waals surface area contributed by atoms with E-state index in [1.54, 1.807) is 50.2 Å². The Morgan fingerprint density at radius 3 is 2.36 bits per heavy atom. The quantitative estimate of drug-likeness (QED) is 0.266. The first-order chi connectivity index (χ1) is 21.2. The van der Waals surface area contributed by atoms with Gasteiger partial charge < -0.3 is 19.9 Å². The SMILES string of the molecule is CCOC(=O)C1=C(N)N(c2cccc(F)c2)C2=C(C(=O)[C@@H](C(=O)OCC)[C@@H](c3cccc(OC)c3)C2)[C@@H]1c1ccccc1F. The fourth-order valence-corrected chi connectivity index (χ4v) is 6.05. The zero-order valence-electron chi connectivity index (χ0n) is 24.5. The Kier molecular flexibility index (Phi) is 8.80. The molecule has 3 aromatic carbocycles. The third-order valence-electron chi connectivity index (χ3n) is 7.88. The molecule has 0 bridgehead atoms. The van der Waals surface area contributed by atoms with Crippen molar-refractivity contribution in [3.8, 4) is 5.75 Å². The van der Waals surface area contributed by atoms with Gasteiger partial charge in [-0.05, 0) is 62.2 Å². The third-order valence-corrected chi connectivity index (χ3v) is 7.88. The molecule has 1 aliphatic carbocycles. The van der Waals surface area contributed by atoms with Crippen LogP contribution in [0.15, 0.2) is 95.5 Å². The first-order valence-electron chi connectivity index (χ1n) is 14.3. The Morgan fingerprint density at radius 1 is 0.955 bits per heavy atom. The van der Waals surface area contributed by atoms with E-state index in [4.69, 9.17) is 19.9 Å². The van der Waals surface area contributed by atoms with Crippen molar-refractivity contribution in [2.45, 2.75) is 32.1 Å². The predicted molar refractivity (Wildman–Crippen MR) is 158 cm³/mol. The summed E-state index contributed by atoms with van der Waals surface area (Å²) in [5.41, 5.74) is 7.67. The highest BCUT2D eigenvalue weighted by Crippen LogP contribution is 2.52. The highest BCUT2D eigenvalue weighted by molar-refractivity contribution is 6.14. The summed E-state index contributed by atoms with van der Waals surface area (Å²) in [4.78, 5) is 43.3. The number of carbonyl (C=O) groups excluding carboxylic acids is 3. The second-order valence-electron chi connectivity index (χ2n) is 10.3. The summed E-state index contributed by atoms with van der Waals surface area (Å²) in [6, 6.07) is 18.2. The van der Waals surface area contributed by atoms with Crippen LogP contribution in [0.2, 0.25) is 0 Å². The molecule has 3 aromatic rings. The standard InChI is InChI=1S/C34H32F2N2O6/c1-4-43-33(40)28-24(19-10-8-13-22(16-19)42-3)18-26-29(31(28)39)27(23-14-6-7-15-25(23)36)30(34(41)44-5-2)32(37)38(26)21-12-9-11-20(35)17-21/h6-17,24,27-28H,4-5,18,37H2,1-3H3/t24-,27+,28+/m1/s1. The Labute approximate surface area is 253 Å². The number of ketones is 1. The number of carbonyl (C=O) groups is 3. The zero-order chi connectivity index (χ0) is 31.5. The molecule has 1 heterocycles. The lowest BCUT2D eigenvalue weighted by molar-refractivity contribution is -0.152. The third kappa shape index (κ3) is 5.43. The molecule has 0 fully saturated rings. The highest BCUT2D eigenvalue weighted by atomic mass is 19.1. The molecule has 2 aliphatic rings. The minimum absolute atomic E-state index is 0.000634. The second-order valence-corrected chi connectivity index (χ2v) is 10.3. The van der Waals surface area contributed by atoms with Crippen LogP contribution in [-0.4, -0.2) is 38.0 Å². The fourth-order valence-electron chi connectivity index (χ4n) is 6.05. The molecule has 0 spiro atoms. The number of methoxy groups -OCH3 is 1. The van der Waals surface area contributed by atoms with E-state index in [0.717, 1.165) is 0 Å². The summed E-state index contributed by atoms with van der Waals surface area (Å²) in [5, 5.41) is 0. The number of anilines is 1. The van der Waals surface area contributed by atoms with E-state index in [-0.39, 0.29) is 47.9 Å². The average molecular weight is 603 g/mol. The number of esters is 2. The van der Waals surface area contributed by atoms with Crippen molar-refractivity contribution < 1.29 is 37.4 Å². The molecule has 10 heteroatoms. The van der Waals surface area contributed by atoms with Gasteiger partial charge in [-0.15, -0.1) is 0 Å². The van der Waals surface area contributed by atoms with Crippen LogP contribution in [0.25, 0.3) is 0 Å². The summed E-state index contributed by atoms with van der Waals surface area (Å²) >= 11 is 0. The smallest absolute Gasteiger partial charge is 0.338 e. The van der Waals surface area contributed by atoms with Crippen LogP contribution in [-0.2, 0) is 23.9 Å². The van der Waals surface area contributed by atoms with Gasteiger partial charge in [-0.1, -0.05) is 36.4 Å². The van der Waals surface area contributed by atoms with Gasteiger partial charge in [0, 0.05) is 22.8 Å². The minimum Gasteiger partial charge on any atom is -0.497 e. The number of nitrogens with zero attached hydrogens (tertiary/aromatic N) is 1. The molecular formula is C34H32F2N2O6. The van der Waals surface area contributed by atoms with E-state index in [1.807, 2.05) is 0 Å². The van der Waals surface area contributed by atoms with Crippen LogP contribution in [0.3, 0.4) is 0 Å². The number of ether oxygens (including phenoxy) is 3. The first-order valence-corrected chi connectivity index (χ1v) is 14.3. The summed E-state index contributed by atoms with van der Waals surface area (Å²) < 4.78 is 46.3. The van der Waals surface area contributed by atoms with Crippen LogP contribution in [0, 0.1) is 17.6 Å². The van der Waals surface area contributed by atoms with E-state index < -0.39 is 47.1 Å². The lowest BCUT2D eigenvalue weighted by atomic mass is 9.66. The summed E-state index contributed by atoms with van der Waals surface area (Å²) in [6.45, 7) is 3.23. The minimum atomic E-state index is -1.34. The maximum atomic E-state index is 15.6. The van der Waals surface area contributed by atoms with Crippen molar-refractivity contribution in [3.05, 3.63) is 118 Å². The fraction of sp³-hybridized carbons (Fsp3) is 0.265. The molecule has 228 valence electrons. The molecule has 1 aliphatic heterocycles. The first kappa shape index (κ1) is 30.5. The lowest BCUT2D eigenvalue weighted by Gasteiger charge is -2.44. The van der Waals surface area contributed by atoms with Gasteiger partial charge in [-0.25, -0.2) is 13.6 Å². The maximum Gasteiger partial charge on any atom is 0.338 e. The Bertz CT molecular complexity index is 1680. The number of Topliss-reactive ketones (excluding diaryl/α,β-unsaturated/α-hetero) is 1. The van der Waals surface area contributed by atoms with Gasteiger partial charge in [0.2, 0.25) is 0 Å². The topological polar surface area (TPSA) is 108 Å². The maximum absolute atomic E-state index is 15.6. The number of hydrogen-bond donors (Lipinski definition) is 1. The molecule has 0 unspecified atom stereocenters. The van der Waals surface area contributed by atoms with E-state index in [1.165, 1.54) is 48.4 Å². The van der Waals surface area contributed by atoms with Gasteiger partial charge in [-0.2, -0.15) is 0 Å². The average Bonchev–Trinajstić information content (AvgIpc) is 3.00. The summed E-state index contributed by atoms with van der Waals surface area (Å²) in [5.74, 6) is -6.62. The van der Waals surface area contributed by atoms with E-state index >= 15 is 4.39 Å². The van der Waals surface area contributed by atoms with E-state index in [2.05, 4.69) is 0 Å². The monoisotopic (exact) mass is 602 g/mol. The van der Waals surface area contributed by atoms with Crippen LogP contribution in [0.1, 0.15) is 43.2 Å². The molecule has 5 rings (SSSR count). The molecule has 3 atom stereocenters. The summed E-state index contributed by atoms with van der Waals surface area (Å²) in [6.07, 6.45) is 0.0377. The van der Waals surface area contributed by atoms with Crippen LogP contribution < -0.4 is 15.4 Å². The number of benzene rings is 3. The molecule has 44 heavy (non-hydrogen) atoms. The molecule has 0 saturated heterocycles. The number of hydrogen-bond acceptors (Lipinski definition) is 8. The van der Waals surface area contributed by atoms with E-state index in [0.29, 0.717) is 17.0 Å². The number of nitrogens with two attached hydrogens (primary N) is 1. The van der Waals surface area contributed by atoms with Gasteiger partial charge >= 0.3 is 11.9 Å². The second kappa shape index (κ2) is 12.7. The number of rotatable bonds is 8. The number of allylic oxidation sites excluding steroid dienone is 2. The molecular weight excluding hydrogens is 570 g/mol. The van der Waals surface area contributed by atoms with Gasteiger partial charge in [-0.3, -0.25) is 14.5 Å². The Morgan fingerprint density at radius 2 is 1.68 bits per heavy atom. The normalized spacial score (nSPS) is 19.9. The Balaban J connectivity index is 1.84. The van der Waals surface area contributed by atoms with Crippen molar-refractivity contribution >= 4 is 23.4 Å². The molecule has 0 amide bonds. The van der Waals surface area contributed by atoms with Crippen LogP contribution in [0.4, 0.5) is 14.5 Å². The van der Waals surface area contributed by atoms with Crippen molar-refractivity contribution in [2.24, 2.45) is 11.7 Å². The molecule has 8 nitrogen and oxygen atoms in total. The van der Waals surface area contributed by atoms with Crippen LogP contribution in [0.5, 0.6) is 5.75 Å². The van der Waals surface area contributed by atoms with Gasteiger partial charge in [0.15, 0.2) is 5.78 Å². The van der Waals surface area contributed by atoms with Gasteiger partial charge in [0.1, 0.15) is 29.1 Å². The highest BCUT2D eigenvalue weighted by Gasteiger charge is 2.52. The molecule has 0 radical (unpaired) electrons. The Hall–Kier alpha value is -4.99. The predicted octanol–water partition coefficient (Wildman–Crippen LogP) is 5.50. The van der Waals surface area contributed by atoms with Crippen molar-refractivity contribution in [1.82, 2.24) is 0 Å². The lowest BCUT2D eigenvalue weighted by Crippen LogP contribution is -2.46.